The lowest BCUT2D eigenvalue weighted by Gasteiger charge is -2.30. The number of anilines is 1. The van der Waals surface area contributed by atoms with E-state index in [2.05, 4.69) is 44.9 Å². The molecule has 0 amide bonds. The largest absolute Gasteiger partial charge is 0.399 e. The number of nitrogens with two attached hydrogens (primary N) is 1. The van der Waals surface area contributed by atoms with Crippen LogP contribution in [-0.2, 0) is 0 Å². The highest BCUT2D eigenvalue weighted by atomic mass is 15.1. The van der Waals surface area contributed by atoms with Gasteiger partial charge in [-0.15, -0.1) is 0 Å². The summed E-state index contributed by atoms with van der Waals surface area (Å²) in [6.45, 7) is 6.69. The quantitative estimate of drug-likeness (QED) is 0.767. The molecule has 0 bridgehead atoms. The molecule has 0 fully saturated rings. The minimum atomic E-state index is 0.420. The predicted molar refractivity (Wildman–Crippen MR) is 66.8 cm³/mol. The number of rotatable bonds is 4. The van der Waals surface area contributed by atoms with E-state index >= 15 is 0 Å². The van der Waals surface area contributed by atoms with Crippen LogP contribution in [0.25, 0.3) is 0 Å². The zero-order valence-corrected chi connectivity index (χ0v) is 10.2. The van der Waals surface area contributed by atoms with Crippen molar-refractivity contribution in [3.63, 3.8) is 0 Å². The number of benzene rings is 1. The lowest BCUT2D eigenvalue weighted by molar-refractivity contribution is 0.193. The monoisotopic (exact) mass is 206 g/mol. The summed E-state index contributed by atoms with van der Waals surface area (Å²) < 4.78 is 0. The van der Waals surface area contributed by atoms with Crippen LogP contribution in [0.1, 0.15) is 38.8 Å². The van der Waals surface area contributed by atoms with E-state index in [0.717, 1.165) is 5.69 Å². The van der Waals surface area contributed by atoms with E-state index in [-0.39, 0.29) is 0 Å². The van der Waals surface area contributed by atoms with Gasteiger partial charge in [0.1, 0.15) is 0 Å². The minimum Gasteiger partial charge on any atom is -0.399 e. The average molecular weight is 206 g/mol. The molecule has 84 valence electrons. The Morgan fingerprint density at radius 1 is 1.33 bits per heavy atom. The Balaban J connectivity index is 2.80. The molecular formula is C13H22N2. The summed E-state index contributed by atoms with van der Waals surface area (Å²) in [5.74, 6) is 0. The first-order chi connectivity index (χ1) is 7.06. The summed E-state index contributed by atoms with van der Waals surface area (Å²) in [6, 6.07) is 9.17. The lowest BCUT2D eigenvalue weighted by atomic mass is 10.0. The molecule has 2 heteroatoms. The van der Waals surface area contributed by atoms with E-state index < -0.39 is 0 Å². The van der Waals surface area contributed by atoms with Crippen LogP contribution in [0, 0.1) is 0 Å². The van der Waals surface area contributed by atoms with Gasteiger partial charge in [-0.1, -0.05) is 19.1 Å². The first kappa shape index (κ1) is 12.1. The highest BCUT2D eigenvalue weighted by Crippen LogP contribution is 2.22. The second kappa shape index (κ2) is 5.17. The first-order valence-electron chi connectivity index (χ1n) is 5.63. The molecule has 2 atom stereocenters. The summed E-state index contributed by atoms with van der Waals surface area (Å²) in [7, 11) is 2.17. The molecule has 0 aromatic heterocycles. The average Bonchev–Trinajstić information content (AvgIpc) is 2.26. The van der Waals surface area contributed by atoms with E-state index in [4.69, 9.17) is 5.73 Å². The second-order valence-corrected chi connectivity index (χ2v) is 4.27. The minimum absolute atomic E-state index is 0.420. The van der Waals surface area contributed by atoms with Gasteiger partial charge in [-0.3, -0.25) is 4.90 Å². The molecule has 0 aliphatic heterocycles. The fraction of sp³-hybridized carbons (Fsp3) is 0.538. The summed E-state index contributed by atoms with van der Waals surface area (Å²) in [5, 5.41) is 0. The van der Waals surface area contributed by atoms with Crippen LogP contribution in [0.15, 0.2) is 24.3 Å². The normalized spacial score (nSPS) is 15.3. The van der Waals surface area contributed by atoms with E-state index in [1.54, 1.807) is 0 Å². The van der Waals surface area contributed by atoms with Crippen LogP contribution >= 0.6 is 0 Å². The standard InChI is InChI=1S/C13H22N2/c1-5-10(2)15(4)11(3)12-7-6-8-13(14)9-12/h6-11H,5,14H2,1-4H3. The summed E-state index contributed by atoms with van der Waals surface area (Å²) in [5.41, 5.74) is 7.92. The van der Waals surface area contributed by atoms with Gasteiger partial charge in [0.2, 0.25) is 0 Å². The van der Waals surface area contributed by atoms with Gasteiger partial charge in [0, 0.05) is 17.8 Å². The van der Waals surface area contributed by atoms with Crippen LogP contribution in [-0.4, -0.2) is 18.0 Å². The van der Waals surface area contributed by atoms with Crippen molar-refractivity contribution in [1.29, 1.82) is 0 Å². The zero-order valence-electron chi connectivity index (χ0n) is 10.2. The number of nitrogen functional groups attached to an aromatic ring is 1. The predicted octanol–water partition coefficient (Wildman–Crippen LogP) is 3.06. The third kappa shape index (κ3) is 2.96. The molecule has 0 aliphatic carbocycles. The lowest BCUT2D eigenvalue weighted by Crippen LogP contribution is -2.31. The van der Waals surface area contributed by atoms with Gasteiger partial charge in [-0.25, -0.2) is 0 Å². The Morgan fingerprint density at radius 3 is 2.53 bits per heavy atom. The van der Waals surface area contributed by atoms with E-state index in [1.807, 2.05) is 12.1 Å². The second-order valence-electron chi connectivity index (χ2n) is 4.27. The highest BCUT2D eigenvalue weighted by molar-refractivity contribution is 5.41. The van der Waals surface area contributed by atoms with Crippen molar-refractivity contribution >= 4 is 5.69 Å². The molecule has 1 aromatic rings. The Labute approximate surface area is 93.1 Å². The summed E-state index contributed by atoms with van der Waals surface area (Å²) in [4.78, 5) is 2.38. The molecule has 0 saturated carbocycles. The van der Waals surface area contributed by atoms with Gasteiger partial charge < -0.3 is 5.73 Å². The van der Waals surface area contributed by atoms with E-state index in [0.29, 0.717) is 12.1 Å². The van der Waals surface area contributed by atoms with Crippen molar-refractivity contribution in [3.05, 3.63) is 29.8 Å². The molecule has 0 aliphatic rings. The smallest absolute Gasteiger partial charge is 0.0320 e. The van der Waals surface area contributed by atoms with Gasteiger partial charge in [0.25, 0.3) is 0 Å². The van der Waals surface area contributed by atoms with Crippen LogP contribution in [0.3, 0.4) is 0 Å². The third-order valence-electron chi connectivity index (χ3n) is 3.29. The molecule has 15 heavy (non-hydrogen) atoms. The summed E-state index contributed by atoms with van der Waals surface area (Å²) in [6.07, 6.45) is 1.17. The first-order valence-corrected chi connectivity index (χ1v) is 5.63. The van der Waals surface area contributed by atoms with Gasteiger partial charge >= 0.3 is 0 Å². The van der Waals surface area contributed by atoms with Crippen molar-refractivity contribution in [2.75, 3.05) is 12.8 Å². The molecule has 2 N–H and O–H groups in total. The summed E-state index contributed by atoms with van der Waals surface area (Å²) >= 11 is 0. The van der Waals surface area contributed by atoms with Crippen LogP contribution in [0.2, 0.25) is 0 Å². The maximum atomic E-state index is 5.79. The molecule has 1 rings (SSSR count). The van der Waals surface area contributed by atoms with Crippen molar-refractivity contribution < 1.29 is 0 Å². The Kier molecular flexibility index (Phi) is 4.15. The number of hydrogen-bond acceptors (Lipinski definition) is 2. The van der Waals surface area contributed by atoms with E-state index in [1.165, 1.54) is 12.0 Å². The Morgan fingerprint density at radius 2 is 2.00 bits per heavy atom. The highest BCUT2D eigenvalue weighted by Gasteiger charge is 2.15. The zero-order chi connectivity index (χ0) is 11.4. The molecular weight excluding hydrogens is 184 g/mol. The third-order valence-corrected chi connectivity index (χ3v) is 3.29. The van der Waals surface area contributed by atoms with Crippen LogP contribution < -0.4 is 5.73 Å². The SMILES string of the molecule is CCC(C)N(C)C(C)c1cccc(N)c1. The molecule has 0 heterocycles. The molecule has 2 nitrogen and oxygen atoms in total. The number of nitrogens with zero attached hydrogens (tertiary/aromatic N) is 1. The van der Waals surface area contributed by atoms with Crippen molar-refractivity contribution in [2.24, 2.45) is 0 Å². The van der Waals surface area contributed by atoms with Gasteiger partial charge in [-0.2, -0.15) is 0 Å². The Bertz CT molecular complexity index is 309. The van der Waals surface area contributed by atoms with E-state index in [9.17, 15) is 0 Å². The molecule has 0 spiro atoms. The molecule has 2 unspecified atom stereocenters. The topological polar surface area (TPSA) is 29.3 Å². The van der Waals surface area contributed by atoms with Crippen LogP contribution in [0.5, 0.6) is 0 Å². The van der Waals surface area contributed by atoms with Crippen LogP contribution in [0.4, 0.5) is 5.69 Å². The molecule has 0 radical (unpaired) electrons. The van der Waals surface area contributed by atoms with Gasteiger partial charge in [0.05, 0.1) is 0 Å². The maximum Gasteiger partial charge on any atom is 0.0320 e. The van der Waals surface area contributed by atoms with Gasteiger partial charge in [-0.05, 0) is 45.0 Å². The molecule has 0 saturated heterocycles. The fourth-order valence-electron chi connectivity index (χ4n) is 1.72. The fourth-order valence-corrected chi connectivity index (χ4v) is 1.72. The maximum absolute atomic E-state index is 5.79. The Hall–Kier alpha value is -1.02. The van der Waals surface area contributed by atoms with Crippen molar-refractivity contribution in [1.82, 2.24) is 4.90 Å². The number of hydrogen-bond donors (Lipinski definition) is 1. The van der Waals surface area contributed by atoms with Crippen molar-refractivity contribution in [3.8, 4) is 0 Å². The van der Waals surface area contributed by atoms with Crippen molar-refractivity contribution in [2.45, 2.75) is 39.3 Å². The van der Waals surface area contributed by atoms with Gasteiger partial charge in [0.15, 0.2) is 0 Å². The molecule has 1 aromatic carbocycles.